The van der Waals surface area contributed by atoms with Crippen LogP contribution in [-0.4, -0.2) is 6.61 Å². The van der Waals surface area contributed by atoms with Crippen LogP contribution in [0.25, 0.3) is 0 Å². The van der Waals surface area contributed by atoms with Crippen LogP contribution < -0.4 is 4.74 Å². The van der Waals surface area contributed by atoms with Gasteiger partial charge >= 0.3 is 0 Å². The number of benzene rings is 1. The maximum absolute atomic E-state index is 6.04. The molecule has 0 amide bonds. The molecule has 21 heavy (non-hydrogen) atoms. The first kappa shape index (κ1) is 14.3. The molecule has 0 radical (unpaired) electrons. The van der Waals surface area contributed by atoms with Crippen LogP contribution in [0.5, 0.6) is 5.75 Å². The molecule has 0 spiro atoms. The Morgan fingerprint density at radius 2 is 1.52 bits per heavy atom. The second-order valence-corrected chi connectivity index (χ2v) is 8.56. The van der Waals surface area contributed by atoms with Gasteiger partial charge in [-0.15, -0.1) is 0 Å². The molecule has 1 aromatic rings. The normalized spacial score (nSPS) is 36.9. The van der Waals surface area contributed by atoms with E-state index >= 15 is 0 Å². The summed E-state index contributed by atoms with van der Waals surface area (Å²) in [5.74, 6) is 4.21. The quantitative estimate of drug-likeness (QED) is 0.465. The molecule has 1 nitrogen and oxygen atoms in total. The van der Waals surface area contributed by atoms with E-state index in [2.05, 4.69) is 46.9 Å². The summed E-state index contributed by atoms with van der Waals surface area (Å²) in [5, 5.41) is 0. The Balaban J connectivity index is 1.34. The molecular weight excluding hydrogens is 371 g/mol. The van der Waals surface area contributed by atoms with Gasteiger partial charge in [-0.2, -0.15) is 0 Å². The first-order valence-electron chi connectivity index (χ1n) is 8.52. The molecule has 4 aliphatic carbocycles. The minimum atomic E-state index is 0.650. The molecular formula is C19H25IO. The van der Waals surface area contributed by atoms with Crippen molar-refractivity contribution < 1.29 is 4.74 Å². The Labute approximate surface area is 142 Å². The number of ether oxygens (including phenoxy) is 1. The van der Waals surface area contributed by atoms with Crippen LogP contribution in [0, 0.1) is 23.2 Å². The van der Waals surface area contributed by atoms with Crippen molar-refractivity contribution in [1.82, 2.24) is 0 Å². The zero-order chi connectivity index (χ0) is 14.3. The number of hydrogen-bond donors (Lipinski definition) is 0. The highest BCUT2D eigenvalue weighted by molar-refractivity contribution is 14.1. The third kappa shape index (κ3) is 2.97. The van der Waals surface area contributed by atoms with Crippen molar-refractivity contribution in [2.24, 2.45) is 23.2 Å². The first-order valence-corrected chi connectivity index (χ1v) is 10.0. The molecule has 0 aliphatic heterocycles. The standard InChI is InChI=1S/C19H25IO/c20-13-14-1-3-18(4-2-14)21-6-5-19-10-15-7-16(11-19)9-17(8-15)12-19/h1-4,15-17H,5-13H2. The Bertz CT molecular complexity index is 458. The van der Waals surface area contributed by atoms with Crippen LogP contribution in [-0.2, 0) is 4.43 Å². The molecule has 4 fully saturated rings. The summed E-state index contributed by atoms with van der Waals surface area (Å²) in [7, 11) is 0. The van der Waals surface area contributed by atoms with Crippen LogP contribution in [0.15, 0.2) is 24.3 Å². The maximum Gasteiger partial charge on any atom is 0.119 e. The molecule has 0 saturated heterocycles. The van der Waals surface area contributed by atoms with E-state index in [1.807, 2.05) is 0 Å². The van der Waals surface area contributed by atoms with Gasteiger partial charge in [0.15, 0.2) is 0 Å². The molecule has 0 unspecified atom stereocenters. The summed E-state index contributed by atoms with van der Waals surface area (Å²) in [6.07, 6.45) is 10.4. The van der Waals surface area contributed by atoms with Crippen LogP contribution in [0.2, 0.25) is 0 Å². The first-order chi connectivity index (χ1) is 10.2. The average molecular weight is 396 g/mol. The third-order valence-electron chi connectivity index (χ3n) is 6.14. The number of hydrogen-bond acceptors (Lipinski definition) is 1. The minimum Gasteiger partial charge on any atom is -0.494 e. The summed E-state index contributed by atoms with van der Waals surface area (Å²) in [5.41, 5.74) is 2.03. The number of alkyl halides is 1. The van der Waals surface area contributed by atoms with Crippen molar-refractivity contribution in [2.75, 3.05) is 6.61 Å². The minimum absolute atomic E-state index is 0.650. The summed E-state index contributed by atoms with van der Waals surface area (Å²) >= 11 is 2.40. The Morgan fingerprint density at radius 3 is 2.05 bits per heavy atom. The topological polar surface area (TPSA) is 9.23 Å². The predicted octanol–water partition coefficient (Wildman–Crippen LogP) is 5.61. The highest BCUT2D eigenvalue weighted by Gasteiger charge is 2.50. The summed E-state index contributed by atoms with van der Waals surface area (Å²) in [6.45, 7) is 0.912. The second-order valence-electron chi connectivity index (χ2n) is 7.79. The van der Waals surface area contributed by atoms with Gasteiger partial charge in [0.05, 0.1) is 6.61 Å². The van der Waals surface area contributed by atoms with Crippen LogP contribution >= 0.6 is 22.6 Å². The molecule has 0 heterocycles. The van der Waals surface area contributed by atoms with Crippen molar-refractivity contribution in [3.63, 3.8) is 0 Å². The summed E-state index contributed by atoms with van der Waals surface area (Å²) in [6, 6.07) is 8.64. The summed E-state index contributed by atoms with van der Waals surface area (Å²) < 4.78 is 7.12. The van der Waals surface area contributed by atoms with E-state index in [-0.39, 0.29) is 0 Å². The van der Waals surface area contributed by atoms with Crippen molar-refractivity contribution in [1.29, 1.82) is 0 Å². The molecule has 4 saturated carbocycles. The fraction of sp³-hybridized carbons (Fsp3) is 0.684. The second kappa shape index (κ2) is 5.75. The highest BCUT2D eigenvalue weighted by atomic mass is 127. The van der Waals surface area contributed by atoms with Gasteiger partial charge in [0.25, 0.3) is 0 Å². The van der Waals surface area contributed by atoms with Gasteiger partial charge in [0.2, 0.25) is 0 Å². The lowest BCUT2D eigenvalue weighted by Crippen LogP contribution is -2.46. The lowest BCUT2D eigenvalue weighted by Gasteiger charge is -2.57. The number of halogens is 1. The zero-order valence-electron chi connectivity index (χ0n) is 12.7. The highest BCUT2D eigenvalue weighted by Crippen LogP contribution is 2.61. The lowest BCUT2D eigenvalue weighted by molar-refractivity contribution is -0.0622. The van der Waals surface area contributed by atoms with Crippen LogP contribution in [0.1, 0.15) is 50.5 Å². The van der Waals surface area contributed by atoms with Gasteiger partial charge in [-0.3, -0.25) is 0 Å². The Morgan fingerprint density at radius 1 is 0.952 bits per heavy atom. The zero-order valence-corrected chi connectivity index (χ0v) is 14.8. The average Bonchev–Trinajstić information content (AvgIpc) is 2.46. The van der Waals surface area contributed by atoms with Gasteiger partial charge < -0.3 is 4.74 Å². The monoisotopic (exact) mass is 396 g/mol. The summed E-state index contributed by atoms with van der Waals surface area (Å²) in [4.78, 5) is 0. The SMILES string of the molecule is ICc1ccc(OCCC23CC4CC(CC(C4)C2)C3)cc1. The van der Waals surface area contributed by atoms with E-state index in [4.69, 9.17) is 4.74 Å². The molecule has 2 heteroatoms. The molecule has 4 bridgehead atoms. The molecule has 0 N–H and O–H groups in total. The van der Waals surface area contributed by atoms with Gasteiger partial charge in [0, 0.05) is 4.43 Å². The fourth-order valence-electron chi connectivity index (χ4n) is 5.66. The van der Waals surface area contributed by atoms with E-state index in [0.29, 0.717) is 5.41 Å². The van der Waals surface area contributed by atoms with E-state index in [1.165, 1.54) is 50.5 Å². The van der Waals surface area contributed by atoms with Gasteiger partial charge in [-0.05, 0) is 85.8 Å². The largest absolute Gasteiger partial charge is 0.494 e. The van der Waals surface area contributed by atoms with Gasteiger partial charge in [-0.25, -0.2) is 0 Å². The predicted molar refractivity (Wildman–Crippen MR) is 94.9 cm³/mol. The molecule has 1 aromatic carbocycles. The number of rotatable bonds is 5. The van der Waals surface area contributed by atoms with Crippen LogP contribution in [0.3, 0.4) is 0 Å². The van der Waals surface area contributed by atoms with Crippen molar-refractivity contribution in [3.05, 3.63) is 29.8 Å². The van der Waals surface area contributed by atoms with Gasteiger partial charge in [0.1, 0.15) is 5.75 Å². The Hall–Kier alpha value is -0.250. The van der Waals surface area contributed by atoms with E-state index in [1.54, 1.807) is 0 Å². The van der Waals surface area contributed by atoms with Crippen molar-refractivity contribution in [3.8, 4) is 5.75 Å². The molecule has 5 rings (SSSR count). The fourth-order valence-corrected chi connectivity index (χ4v) is 6.16. The molecule has 0 atom stereocenters. The van der Waals surface area contributed by atoms with Gasteiger partial charge in [-0.1, -0.05) is 34.7 Å². The molecule has 0 aromatic heterocycles. The Kier molecular flexibility index (Phi) is 3.93. The lowest BCUT2D eigenvalue weighted by atomic mass is 9.49. The van der Waals surface area contributed by atoms with E-state index < -0.39 is 0 Å². The molecule has 114 valence electrons. The molecule has 4 aliphatic rings. The maximum atomic E-state index is 6.04. The van der Waals surface area contributed by atoms with E-state index in [9.17, 15) is 0 Å². The third-order valence-corrected chi connectivity index (χ3v) is 7.02. The van der Waals surface area contributed by atoms with Crippen molar-refractivity contribution >= 4 is 22.6 Å². The van der Waals surface area contributed by atoms with E-state index in [0.717, 1.165) is 34.5 Å². The smallest absolute Gasteiger partial charge is 0.119 e. The van der Waals surface area contributed by atoms with Crippen LogP contribution in [0.4, 0.5) is 0 Å². The van der Waals surface area contributed by atoms with Crippen molar-refractivity contribution in [2.45, 2.75) is 49.4 Å².